The molecule has 0 radical (unpaired) electrons. The normalized spacial score (nSPS) is 10.3. The lowest BCUT2D eigenvalue weighted by atomic mass is 10.2. The topological polar surface area (TPSA) is 106 Å². The van der Waals surface area contributed by atoms with E-state index in [1.165, 1.54) is 6.39 Å². The van der Waals surface area contributed by atoms with Crippen LogP contribution in [0.15, 0.2) is 35.1 Å². The van der Waals surface area contributed by atoms with Gasteiger partial charge in [-0.15, -0.1) is 10.2 Å². The van der Waals surface area contributed by atoms with E-state index in [1.807, 2.05) is 0 Å². The third-order valence-electron chi connectivity index (χ3n) is 2.50. The van der Waals surface area contributed by atoms with Crippen LogP contribution in [-0.2, 0) is 4.79 Å². The van der Waals surface area contributed by atoms with Gasteiger partial charge in [-0.25, -0.2) is 4.79 Å². The number of aromatic nitrogens is 2. The third-order valence-corrected chi connectivity index (χ3v) is 2.50. The van der Waals surface area contributed by atoms with E-state index in [2.05, 4.69) is 20.8 Å². The molecular weight excluding hydrogens is 288 g/mol. The molecule has 0 aliphatic carbocycles. The Hall–Kier alpha value is -2.90. The number of amides is 3. The van der Waals surface area contributed by atoms with Crippen LogP contribution >= 0.6 is 0 Å². The van der Waals surface area contributed by atoms with Crippen molar-refractivity contribution in [1.29, 1.82) is 0 Å². The monoisotopic (exact) mass is 304 g/mol. The average Bonchev–Trinajstić information content (AvgIpc) is 2.99. The fourth-order valence-corrected chi connectivity index (χ4v) is 1.60. The predicted molar refractivity (Wildman–Crippen MR) is 77.0 cm³/mol. The lowest BCUT2D eigenvalue weighted by Crippen LogP contribution is -2.44. The average molecular weight is 304 g/mol. The van der Waals surface area contributed by atoms with Gasteiger partial charge in [0, 0.05) is 11.6 Å². The highest BCUT2D eigenvalue weighted by Gasteiger charge is 2.09. The summed E-state index contributed by atoms with van der Waals surface area (Å²) in [5.74, 6) is 0.358. The second kappa shape index (κ2) is 7.21. The largest absolute Gasteiger partial charge is 0.484 e. The van der Waals surface area contributed by atoms with Crippen molar-refractivity contribution in [2.24, 2.45) is 0 Å². The van der Waals surface area contributed by atoms with Gasteiger partial charge in [-0.1, -0.05) is 0 Å². The van der Waals surface area contributed by atoms with Gasteiger partial charge in [-0.2, -0.15) is 0 Å². The molecule has 0 unspecified atom stereocenters. The minimum absolute atomic E-state index is 0.0500. The zero-order valence-electron chi connectivity index (χ0n) is 12.2. The first-order chi connectivity index (χ1) is 10.5. The number of hydrogen-bond donors (Lipinski definition) is 2. The lowest BCUT2D eigenvalue weighted by Gasteiger charge is -2.10. The summed E-state index contributed by atoms with van der Waals surface area (Å²) in [5, 5.41) is 12.1. The third kappa shape index (κ3) is 4.58. The van der Waals surface area contributed by atoms with Gasteiger partial charge in [0.05, 0.1) is 0 Å². The molecule has 3 amide bonds. The molecule has 0 aliphatic rings. The summed E-state index contributed by atoms with van der Waals surface area (Å²) in [6.45, 7) is 3.34. The van der Waals surface area contributed by atoms with Crippen LogP contribution in [0.25, 0.3) is 11.5 Å². The number of nitrogens with zero attached hydrogens (tertiary/aromatic N) is 2. The molecule has 1 heterocycles. The molecule has 8 nitrogen and oxygen atoms in total. The molecule has 0 saturated heterocycles. The number of carbonyl (C=O) groups excluding carboxylic acids is 2. The summed E-state index contributed by atoms with van der Waals surface area (Å²) in [5.41, 5.74) is 0.741. The molecule has 22 heavy (non-hydrogen) atoms. The van der Waals surface area contributed by atoms with Gasteiger partial charge in [-0.3, -0.25) is 10.1 Å². The standard InChI is InChI=1S/C14H16N4O4/c1-9(2)16-14(20)17-12(19)7-21-11-5-3-10(4-6-11)13-18-15-8-22-13/h3-6,8-9H,7H2,1-2H3,(H2,16,17,19,20). The molecule has 0 bridgehead atoms. The summed E-state index contributed by atoms with van der Waals surface area (Å²) in [4.78, 5) is 22.9. The maximum absolute atomic E-state index is 11.5. The van der Waals surface area contributed by atoms with Gasteiger partial charge < -0.3 is 14.5 Å². The van der Waals surface area contributed by atoms with E-state index in [4.69, 9.17) is 9.15 Å². The van der Waals surface area contributed by atoms with Crippen molar-refractivity contribution in [3.8, 4) is 17.2 Å². The van der Waals surface area contributed by atoms with E-state index in [1.54, 1.807) is 38.1 Å². The van der Waals surface area contributed by atoms with Gasteiger partial charge in [0.15, 0.2) is 6.61 Å². The maximum atomic E-state index is 11.5. The number of nitrogens with one attached hydrogen (secondary N) is 2. The van der Waals surface area contributed by atoms with Crippen LogP contribution < -0.4 is 15.4 Å². The summed E-state index contributed by atoms with van der Waals surface area (Å²) < 4.78 is 10.3. The van der Waals surface area contributed by atoms with E-state index in [0.717, 1.165) is 5.56 Å². The number of imide groups is 1. The minimum atomic E-state index is -0.546. The van der Waals surface area contributed by atoms with Crippen LogP contribution in [0.3, 0.4) is 0 Å². The number of hydrogen-bond acceptors (Lipinski definition) is 6. The first-order valence-electron chi connectivity index (χ1n) is 6.64. The molecule has 2 N–H and O–H groups in total. The lowest BCUT2D eigenvalue weighted by molar-refractivity contribution is -0.122. The smallest absolute Gasteiger partial charge is 0.321 e. The van der Waals surface area contributed by atoms with Crippen LogP contribution in [0.5, 0.6) is 5.75 Å². The molecule has 0 atom stereocenters. The highest BCUT2D eigenvalue weighted by molar-refractivity contribution is 5.95. The van der Waals surface area contributed by atoms with E-state index >= 15 is 0 Å². The quantitative estimate of drug-likeness (QED) is 0.863. The maximum Gasteiger partial charge on any atom is 0.321 e. The van der Waals surface area contributed by atoms with Crippen LogP contribution in [0.1, 0.15) is 13.8 Å². The van der Waals surface area contributed by atoms with Crippen LogP contribution in [0.4, 0.5) is 4.79 Å². The molecule has 2 aromatic rings. The first-order valence-corrected chi connectivity index (χ1v) is 6.64. The van der Waals surface area contributed by atoms with Crippen LogP contribution in [0, 0.1) is 0 Å². The SMILES string of the molecule is CC(C)NC(=O)NC(=O)COc1ccc(-c2nnco2)cc1. The number of carbonyl (C=O) groups is 2. The molecule has 0 saturated carbocycles. The minimum Gasteiger partial charge on any atom is -0.484 e. The van der Waals surface area contributed by atoms with Crippen molar-refractivity contribution < 1.29 is 18.7 Å². The first kappa shape index (κ1) is 15.5. The summed E-state index contributed by atoms with van der Waals surface area (Å²) >= 11 is 0. The summed E-state index contributed by atoms with van der Waals surface area (Å²) in [7, 11) is 0. The molecule has 2 rings (SSSR count). The van der Waals surface area contributed by atoms with Crippen molar-refractivity contribution >= 4 is 11.9 Å². The van der Waals surface area contributed by atoms with E-state index in [9.17, 15) is 9.59 Å². The zero-order chi connectivity index (χ0) is 15.9. The molecule has 0 fully saturated rings. The molecule has 1 aromatic heterocycles. The zero-order valence-corrected chi connectivity index (χ0v) is 12.2. The molecule has 0 aliphatic heterocycles. The van der Waals surface area contributed by atoms with E-state index < -0.39 is 11.9 Å². The van der Waals surface area contributed by atoms with Gasteiger partial charge in [0.2, 0.25) is 12.3 Å². The molecule has 1 aromatic carbocycles. The molecular formula is C14H16N4O4. The Balaban J connectivity index is 1.82. The Morgan fingerprint density at radius 1 is 1.27 bits per heavy atom. The van der Waals surface area contributed by atoms with Gasteiger partial charge in [-0.05, 0) is 38.1 Å². The van der Waals surface area contributed by atoms with Crippen molar-refractivity contribution in [3.63, 3.8) is 0 Å². The van der Waals surface area contributed by atoms with Gasteiger partial charge in [0.25, 0.3) is 5.91 Å². The number of rotatable bonds is 5. The van der Waals surface area contributed by atoms with Crippen molar-refractivity contribution in [1.82, 2.24) is 20.8 Å². The number of benzene rings is 1. The summed E-state index contributed by atoms with van der Waals surface area (Å²) in [6, 6.07) is 6.20. The second-order valence-electron chi connectivity index (χ2n) is 4.73. The van der Waals surface area contributed by atoms with Crippen molar-refractivity contribution in [2.75, 3.05) is 6.61 Å². The highest BCUT2D eigenvalue weighted by atomic mass is 16.5. The predicted octanol–water partition coefficient (Wildman–Crippen LogP) is 1.35. The van der Waals surface area contributed by atoms with Gasteiger partial charge in [0.1, 0.15) is 5.75 Å². The van der Waals surface area contributed by atoms with Crippen LogP contribution in [-0.4, -0.2) is 34.8 Å². The highest BCUT2D eigenvalue weighted by Crippen LogP contribution is 2.19. The molecule has 8 heteroatoms. The number of ether oxygens (including phenoxy) is 1. The van der Waals surface area contributed by atoms with Gasteiger partial charge >= 0.3 is 6.03 Å². The second-order valence-corrected chi connectivity index (χ2v) is 4.73. The van der Waals surface area contributed by atoms with E-state index in [-0.39, 0.29) is 12.6 Å². The summed E-state index contributed by atoms with van der Waals surface area (Å²) in [6.07, 6.45) is 1.24. The van der Waals surface area contributed by atoms with Crippen molar-refractivity contribution in [2.45, 2.75) is 19.9 Å². The Morgan fingerprint density at radius 2 is 2.00 bits per heavy atom. The van der Waals surface area contributed by atoms with E-state index in [0.29, 0.717) is 11.6 Å². The molecule has 0 spiro atoms. The van der Waals surface area contributed by atoms with Crippen LogP contribution in [0.2, 0.25) is 0 Å². The van der Waals surface area contributed by atoms with Crippen molar-refractivity contribution in [3.05, 3.63) is 30.7 Å². The molecule has 116 valence electrons. The Bertz CT molecular complexity index is 623. The fourth-order valence-electron chi connectivity index (χ4n) is 1.60. The Labute approximate surface area is 126 Å². The Morgan fingerprint density at radius 3 is 2.59 bits per heavy atom. The fraction of sp³-hybridized carbons (Fsp3) is 0.286. The Kier molecular flexibility index (Phi) is 5.07. The number of urea groups is 1.